The van der Waals surface area contributed by atoms with Gasteiger partial charge >= 0.3 is 0 Å². The van der Waals surface area contributed by atoms with Crippen LogP contribution in [0.2, 0.25) is 0 Å². The standard InChI is InChI=1S/C8H10ClNO4S/c1-3-7(6-15(9,13)14)5-8(4-2)10(11)12/h3-5H,1,6H2,2H3/b7-5+,8-4+. The lowest BCUT2D eigenvalue weighted by molar-refractivity contribution is -0.419. The van der Waals surface area contributed by atoms with Crippen molar-refractivity contribution in [3.05, 3.63) is 46.2 Å². The van der Waals surface area contributed by atoms with Crippen molar-refractivity contribution >= 4 is 19.7 Å². The summed E-state index contributed by atoms with van der Waals surface area (Å²) in [7, 11) is 1.28. The van der Waals surface area contributed by atoms with E-state index in [1.165, 1.54) is 19.1 Å². The van der Waals surface area contributed by atoms with Crippen LogP contribution in [0, 0.1) is 10.1 Å². The van der Waals surface area contributed by atoms with E-state index in [1.54, 1.807) is 0 Å². The molecule has 5 nitrogen and oxygen atoms in total. The summed E-state index contributed by atoms with van der Waals surface area (Å²) in [4.78, 5) is 9.80. The SMILES string of the molecule is C=C/C(=C\C(=C/C)[N+](=O)[O-])CS(=O)(=O)Cl. The molecule has 0 rings (SSSR count). The number of hydrogen-bond donors (Lipinski definition) is 0. The van der Waals surface area contributed by atoms with Crippen LogP contribution in [0.15, 0.2) is 36.1 Å². The van der Waals surface area contributed by atoms with Gasteiger partial charge in [0.2, 0.25) is 9.05 Å². The van der Waals surface area contributed by atoms with E-state index in [0.29, 0.717) is 0 Å². The maximum Gasteiger partial charge on any atom is 0.265 e. The molecule has 0 unspecified atom stereocenters. The molecule has 0 aliphatic carbocycles. The Kier molecular flexibility index (Phi) is 5.24. The molecular weight excluding hydrogens is 242 g/mol. The van der Waals surface area contributed by atoms with Gasteiger partial charge in [0, 0.05) is 16.8 Å². The van der Waals surface area contributed by atoms with Gasteiger partial charge in [-0.15, -0.1) is 0 Å². The lowest BCUT2D eigenvalue weighted by atomic mass is 10.2. The molecule has 15 heavy (non-hydrogen) atoms. The molecule has 0 saturated heterocycles. The van der Waals surface area contributed by atoms with Crippen LogP contribution in [-0.4, -0.2) is 19.1 Å². The van der Waals surface area contributed by atoms with Crippen LogP contribution in [0.5, 0.6) is 0 Å². The van der Waals surface area contributed by atoms with E-state index in [9.17, 15) is 18.5 Å². The molecule has 7 heteroatoms. The predicted molar refractivity (Wildman–Crippen MR) is 58.7 cm³/mol. The van der Waals surface area contributed by atoms with Crippen LogP contribution in [0.25, 0.3) is 0 Å². The van der Waals surface area contributed by atoms with E-state index in [-0.39, 0.29) is 11.3 Å². The molecule has 0 atom stereocenters. The normalized spacial score (nSPS) is 13.7. The summed E-state index contributed by atoms with van der Waals surface area (Å²) >= 11 is 0. The van der Waals surface area contributed by atoms with Crippen LogP contribution >= 0.6 is 10.7 Å². The summed E-state index contributed by atoms with van der Waals surface area (Å²) in [5.74, 6) is -0.483. The Morgan fingerprint density at radius 2 is 2.13 bits per heavy atom. The first-order valence-corrected chi connectivity index (χ1v) is 6.34. The summed E-state index contributed by atoms with van der Waals surface area (Å²) in [6, 6.07) is 0. The highest BCUT2D eigenvalue weighted by molar-refractivity contribution is 8.13. The summed E-state index contributed by atoms with van der Waals surface area (Å²) in [5, 5.41) is 10.4. The van der Waals surface area contributed by atoms with Gasteiger partial charge < -0.3 is 0 Å². The van der Waals surface area contributed by atoms with E-state index in [0.717, 1.165) is 6.08 Å². The van der Waals surface area contributed by atoms with Gasteiger partial charge in [0.1, 0.15) is 0 Å². The minimum absolute atomic E-state index is 0.176. The minimum Gasteiger partial charge on any atom is -0.258 e. The zero-order valence-electron chi connectivity index (χ0n) is 8.01. The first-order chi connectivity index (χ1) is 6.80. The Morgan fingerprint density at radius 1 is 1.60 bits per heavy atom. The highest BCUT2D eigenvalue weighted by Gasteiger charge is 2.11. The Balaban J connectivity index is 5.06. The van der Waals surface area contributed by atoms with Crippen LogP contribution in [0.3, 0.4) is 0 Å². The molecule has 0 spiro atoms. The fourth-order valence-electron chi connectivity index (χ4n) is 0.790. The van der Waals surface area contributed by atoms with Crippen LogP contribution < -0.4 is 0 Å². The zero-order valence-corrected chi connectivity index (χ0v) is 9.59. The molecule has 0 aromatic carbocycles. The summed E-state index contributed by atoms with van der Waals surface area (Å²) in [5.41, 5.74) is -0.0278. The average Bonchev–Trinajstić information content (AvgIpc) is 2.09. The van der Waals surface area contributed by atoms with Crippen LogP contribution in [0.4, 0.5) is 0 Å². The molecule has 0 bridgehead atoms. The molecule has 0 saturated carbocycles. The first-order valence-electron chi connectivity index (χ1n) is 3.86. The van der Waals surface area contributed by atoms with Crippen molar-refractivity contribution in [2.75, 3.05) is 5.75 Å². The lowest BCUT2D eigenvalue weighted by Crippen LogP contribution is -2.02. The molecule has 0 amide bonds. The van der Waals surface area contributed by atoms with E-state index in [4.69, 9.17) is 10.7 Å². The fourth-order valence-corrected chi connectivity index (χ4v) is 1.77. The van der Waals surface area contributed by atoms with E-state index in [2.05, 4.69) is 6.58 Å². The molecule has 0 aromatic heterocycles. The highest BCUT2D eigenvalue weighted by Crippen LogP contribution is 2.10. The summed E-state index contributed by atoms with van der Waals surface area (Å²) < 4.78 is 21.5. The third-order valence-corrected chi connectivity index (χ3v) is 2.45. The second kappa shape index (κ2) is 5.67. The van der Waals surface area contributed by atoms with Gasteiger partial charge in [-0.1, -0.05) is 12.7 Å². The van der Waals surface area contributed by atoms with Gasteiger partial charge in [0.25, 0.3) is 5.70 Å². The number of hydrogen-bond acceptors (Lipinski definition) is 4. The van der Waals surface area contributed by atoms with Crippen molar-refractivity contribution in [1.29, 1.82) is 0 Å². The molecule has 0 aliphatic heterocycles. The maximum atomic E-state index is 10.7. The third kappa shape index (κ3) is 6.03. The molecular formula is C8H10ClNO4S. The van der Waals surface area contributed by atoms with Gasteiger partial charge in [0.05, 0.1) is 10.7 Å². The van der Waals surface area contributed by atoms with Crippen molar-refractivity contribution < 1.29 is 13.3 Å². The third-order valence-electron chi connectivity index (χ3n) is 1.44. The number of rotatable bonds is 5. The van der Waals surface area contributed by atoms with Gasteiger partial charge in [-0.3, -0.25) is 10.1 Å². The van der Waals surface area contributed by atoms with Crippen molar-refractivity contribution in [1.82, 2.24) is 0 Å². The van der Waals surface area contributed by atoms with Crippen molar-refractivity contribution in [2.24, 2.45) is 0 Å². The zero-order chi connectivity index (χ0) is 12.1. The Morgan fingerprint density at radius 3 is 2.40 bits per heavy atom. The summed E-state index contributed by atoms with van der Waals surface area (Å²) in [6.07, 6.45) is 3.59. The second-order valence-corrected chi connectivity index (χ2v) is 5.35. The number of nitro groups is 1. The van der Waals surface area contributed by atoms with E-state index in [1.807, 2.05) is 0 Å². The quantitative estimate of drug-likeness (QED) is 0.323. The largest absolute Gasteiger partial charge is 0.265 e. The topological polar surface area (TPSA) is 77.3 Å². The molecule has 84 valence electrons. The van der Waals surface area contributed by atoms with E-state index < -0.39 is 19.7 Å². The second-order valence-electron chi connectivity index (χ2n) is 2.58. The predicted octanol–water partition coefficient (Wildman–Crippen LogP) is 1.85. The number of halogens is 1. The number of nitrogens with zero attached hydrogens (tertiary/aromatic N) is 1. The van der Waals surface area contributed by atoms with Gasteiger partial charge in [0.15, 0.2) is 0 Å². The minimum atomic E-state index is -3.73. The highest BCUT2D eigenvalue weighted by atomic mass is 35.7. The number of allylic oxidation sites excluding steroid dienone is 3. The molecule has 0 aliphatic rings. The molecule has 0 N–H and O–H groups in total. The average molecular weight is 252 g/mol. The lowest BCUT2D eigenvalue weighted by Gasteiger charge is -1.97. The van der Waals surface area contributed by atoms with Gasteiger partial charge in [-0.2, -0.15) is 0 Å². The Hall–Kier alpha value is -1.14. The van der Waals surface area contributed by atoms with Crippen molar-refractivity contribution in [3.63, 3.8) is 0 Å². The fraction of sp³-hybridized carbons (Fsp3) is 0.250. The monoisotopic (exact) mass is 251 g/mol. The van der Waals surface area contributed by atoms with Crippen molar-refractivity contribution in [2.45, 2.75) is 6.92 Å². The van der Waals surface area contributed by atoms with E-state index >= 15 is 0 Å². The van der Waals surface area contributed by atoms with Gasteiger partial charge in [-0.25, -0.2) is 8.42 Å². The summed E-state index contributed by atoms with van der Waals surface area (Å²) in [6.45, 7) is 4.83. The Labute approximate surface area is 92.3 Å². The van der Waals surface area contributed by atoms with Crippen LogP contribution in [-0.2, 0) is 9.05 Å². The molecule has 0 heterocycles. The van der Waals surface area contributed by atoms with Gasteiger partial charge in [-0.05, 0) is 18.6 Å². The molecule has 0 aromatic rings. The Bertz CT molecular complexity index is 422. The van der Waals surface area contributed by atoms with Crippen molar-refractivity contribution in [3.8, 4) is 0 Å². The van der Waals surface area contributed by atoms with Crippen LogP contribution in [0.1, 0.15) is 6.92 Å². The molecule has 0 fully saturated rings. The smallest absolute Gasteiger partial charge is 0.258 e. The molecule has 0 radical (unpaired) electrons. The maximum absolute atomic E-state index is 10.7. The first kappa shape index (κ1) is 13.9.